The van der Waals surface area contributed by atoms with Crippen molar-refractivity contribution >= 4 is 5.96 Å². The van der Waals surface area contributed by atoms with Crippen LogP contribution < -0.4 is 10.6 Å². The van der Waals surface area contributed by atoms with Crippen molar-refractivity contribution in [1.29, 1.82) is 0 Å². The van der Waals surface area contributed by atoms with Crippen LogP contribution in [0.3, 0.4) is 0 Å². The first-order valence-corrected chi connectivity index (χ1v) is 9.30. The zero-order valence-corrected chi connectivity index (χ0v) is 15.5. The molecule has 0 spiro atoms. The third kappa shape index (κ3) is 7.02. The van der Waals surface area contributed by atoms with Crippen LogP contribution in [0.4, 0.5) is 0 Å². The van der Waals surface area contributed by atoms with Gasteiger partial charge in [-0.15, -0.1) is 0 Å². The molecule has 2 rings (SSSR count). The van der Waals surface area contributed by atoms with Crippen LogP contribution in [0.5, 0.6) is 0 Å². The van der Waals surface area contributed by atoms with Gasteiger partial charge in [-0.3, -0.25) is 9.89 Å². The van der Waals surface area contributed by atoms with Gasteiger partial charge < -0.3 is 20.5 Å². The first-order chi connectivity index (χ1) is 12.2. The van der Waals surface area contributed by atoms with Gasteiger partial charge in [-0.1, -0.05) is 24.3 Å². The predicted octanol–water partition coefficient (Wildman–Crippen LogP) is 0.997. The molecule has 6 nitrogen and oxygen atoms in total. The molecule has 1 aromatic carbocycles. The number of nitrogens with one attached hydrogen (secondary N) is 2. The van der Waals surface area contributed by atoms with Crippen molar-refractivity contribution in [3.05, 3.63) is 35.4 Å². The van der Waals surface area contributed by atoms with Crippen molar-refractivity contribution in [3.63, 3.8) is 0 Å². The molecule has 1 atom stereocenters. The summed E-state index contributed by atoms with van der Waals surface area (Å²) in [5.41, 5.74) is 2.80. The first kappa shape index (κ1) is 19.7. The minimum atomic E-state index is -0.465. The zero-order valence-electron chi connectivity index (χ0n) is 15.5. The van der Waals surface area contributed by atoms with E-state index in [2.05, 4.69) is 44.8 Å². The molecule has 0 radical (unpaired) electrons. The molecule has 1 unspecified atom stereocenters. The molecule has 6 heteroatoms. The fourth-order valence-corrected chi connectivity index (χ4v) is 2.99. The third-order valence-electron chi connectivity index (χ3n) is 4.23. The molecule has 0 aromatic heterocycles. The maximum atomic E-state index is 10.3. The Balaban J connectivity index is 1.77. The van der Waals surface area contributed by atoms with E-state index in [1.807, 2.05) is 13.8 Å². The lowest BCUT2D eigenvalue weighted by Gasteiger charge is -2.30. The second-order valence-corrected chi connectivity index (χ2v) is 6.25. The summed E-state index contributed by atoms with van der Waals surface area (Å²) in [5, 5.41) is 16.8. The Bertz CT molecular complexity index is 536. The van der Waals surface area contributed by atoms with Crippen molar-refractivity contribution < 1.29 is 9.84 Å². The van der Waals surface area contributed by atoms with Gasteiger partial charge >= 0.3 is 0 Å². The second-order valence-electron chi connectivity index (χ2n) is 6.25. The Kier molecular flexibility index (Phi) is 8.72. The van der Waals surface area contributed by atoms with Crippen molar-refractivity contribution in [3.8, 4) is 0 Å². The molecule has 1 aromatic rings. The summed E-state index contributed by atoms with van der Waals surface area (Å²) in [6.07, 6.45) is 0.584. The lowest BCUT2D eigenvalue weighted by molar-refractivity contribution is 0.111. The summed E-state index contributed by atoms with van der Waals surface area (Å²) in [6.45, 7) is 9.81. The number of rotatable bonds is 9. The number of benzene rings is 1. The number of aliphatic hydroxyl groups excluding tert-OH is 1. The second kappa shape index (κ2) is 11.1. The van der Waals surface area contributed by atoms with Gasteiger partial charge in [0.05, 0.1) is 19.3 Å². The number of nitrogens with zero attached hydrogens (tertiary/aromatic N) is 2. The number of fused-ring (bicyclic) bond motifs is 1. The minimum Gasteiger partial charge on any atom is -0.390 e. The number of guanidine groups is 1. The fraction of sp³-hybridized carbons (Fsp3) is 0.632. The summed E-state index contributed by atoms with van der Waals surface area (Å²) in [7, 11) is 0. The van der Waals surface area contributed by atoms with Crippen LogP contribution in [0, 0.1) is 0 Å². The van der Waals surface area contributed by atoms with E-state index >= 15 is 0 Å². The highest BCUT2D eigenvalue weighted by Gasteiger charge is 2.18. The van der Waals surface area contributed by atoms with E-state index in [0.29, 0.717) is 32.8 Å². The Morgan fingerprint density at radius 3 is 2.84 bits per heavy atom. The Labute approximate surface area is 151 Å². The lowest BCUT2D eigenvalue weighted by Crippen LogP contribution is -2.41. The van der Waals surface area contributed by atoms with Crippen molar-refractivity contribution in [2.75, 3.05) is 45.9 Å². The van der Waals surface area contributed by atoms with E-state index in [-0.39, 0.29) is 0 Å². The largest absolute Gasteiger partial charge is 0.390 e. The Morgan fingerprint density at radius 1 is 1.28 bits per heavy atom. The number of hydrogen-bond donors (Lipinski definition) is 3. The maximum absolute atomic E-state index is 10.3. The van der Waals surface area contributed by atoms with E-state index in [1.165, 1.54) is 11.1 Å². The molecule has 0 amide bonds. The Hall–Kier alpha value is -1.63. The van der Waals surface area contributed by atoms with Crippen molar-refractivity contribution in [2.24, 2.45) is 4.99 Å². The van der Waals surface area contributed by atoms with Crippen LogP contribution in [0.2, 0.25) is 0 Å². The van der Waals surface area contributed by atoms with Gasteiger partial charge in [-0.05, 0) is 31.4 Å². The molecule has 0 fully saturated rings. The number of β-amino-alcohol motifs (C(OH)–C–C–N with tert-alkyl or cyclic N) is 1. The predicted molar refractivity (Wildman–Crippen MR) is 102 cm³/mol. The molecule has 1 heterocycles. The molecule has 25 heavy (non-hydrogen) atoms. The smallest absolute Gasteiger partial charge is 0.191 e. The van der Waals surface area contributed by atoms with Crippen LogP contribution in [-0.4, -0.2) is 68.0 Å². The van der Waals surface area contributed by atoms with Gasteiger partial charge in [0.15, 0.2) is 5.96 Å². The molecular formula is C19H32N4O2. The standard InChI is InChI=1S/C19H32N4O2/c1-3-20-19(21-10-12-25-4-2)22-13-18(24)15-23-11-9-16-7-5-6-8-17(16)14-23/h5-8,18,24H,3-4,9-15H2,1-2H3,(H2,20,21,22). The van der Waals surface area contributed by atoms with Crippen LogP contribution in [0.25, 0.3) is 0 Å². The molecular weight excluding hydrogens is 316 g/mol. The molecule has 0 bridgehead atoms. The van der Waals surface area contributed by atoms with Crippen molar-refractivity contribution in [1.82, 2.24) is 15.5 Å². The number of aliphatic imine (C=N–C) groups is 1. The van der Waals surface area contributed by atoms with Gasteiger partial charge in [0.25, 0.3) is 0 Å². The lowest BCUT2D eigenvalue weighted by atomic mass is 10.00. The summed E-state index contributed by atoms with van der Waals surface area (Å²) < 4.78 is 5.32. The highest BCUT2D eigenvalue weighted by molar-refractivity contribution is 5.79. The first-order valence-electron chi connectivity index (χ1n) is 9.30. The third-order valence-corrected chi connectivity index (χ3v) is 4.23. The molecule has 1 aliphatic rings. The molecule has 140 valence electrons. The van der Waals surface area contributed by atoms with E-state index in [1.54, 1.807) is 0 Å². The quantitative estimate of drug-likeness (QED) is 0.353. The highest BCUT2D eigenvalue weighted by atomic mass is 16.5. The van der Waals surface area contributed by atoms with E-state index < -0.39 is 6.10 Å². The average Bonchev–Trinajstić information content (AvgIpc) is 2.63. The summed E-state index contributed by atoms with van der Waals surface area (Å²) in [6, 6.07) is 8.56. The molecule has 1 aliphatic heterocycles. The van der Waals surface area contributed by atoms with E-state index in [0.717, 1.165) is 32.0 Å². The van der Waals surface area contributed by atoms with E-state index in [4.69, 9.17) is 4.74 Å². The zero-order chi connectivity index (χ0) is 17.9. The topological polar surface area (TPSA) is 69.1 Å². The van der Waals surface area contributed by atoms with Gasteiger partial charge in [0.1, 0.15) is 0 Å². The summed E-state index contributed by atoms with van der Waals surface area (Å²) >= 11 is 0. The average molecular weight is 348 g/mol. The summed E-state index contributed by atoms with van der Waals surface area (Å²) in [4.78, 5) is 6.79. The SMILES string of the molecule is CCNC(=NCC(O)CN1CCc2ccccc2C1)NCCOCC. The number of ether oxygens (including phenoxy) is 1. The molecule has 0 saturated carbocycles. The number of hydrogen-bond acceptors (Lipinski definition) is 4. The van der Waals surface area contributed by atoms with E-state index in [9.17, 15) is 5.11 Å². The van der Waals surface area contributed by atoms with Crippen LogP contribution in [0.1, 0.15) is 25.0 Å². The van der Waals surface area contributed by atoms with Crippen LogP contribution >= 0.6 is 0 Å². The van der Waals surface area contributed by atoms with Gasteiger partial charge in [-0.2, -0.15) is 0 Å². The van der Waals surface area contributed by atoms with Gasteiger partial charge in [0, 0.05) is 39.3 Å². The molecule has 0 aliphatic carbocycles. The Morgan fingerprint density at radius 2 is 2.08 bits per heavy atom. The molecule has 3 N–H and O–H groups in total. The fourth-order valence-electron chi connectivity index (χ4n) is 2.99. The van der Waals surface area contributed by atoms with Crippen LogP contribution in [-0.2, 0) is 17.7 Å². The van der Waals surface area contributed by atoms with Gasteiger partial charge in [0.2, 0.25) is 0 Å². The highest BCUT2D eigenvalue weighted by Crippen LogP contribution is 2.18. The minimum absolute atomic E-state index is 0.391. The maximum Gasteiger partial charge on any atom is 0.191 e. The van der Waals surface area contributed by atoms with Crippen LogP contribution in [0.15, 0.2) is 29.3 Å². The van der Waals surface area contributed by atoms with Gasteiger partial charge in [-0.25, -0.2) is 0 Å². The number of aliphatic hydroxyl groups is 1. The summed E-state index contributed by atoms with van der Waals surface area (Å²) in [5.74, 6) is 0.727. The monoisotopic (exact) mass is 348 g/mol. The normalized spacial score (nSPS) is 16.4. The molecule has 0 saturated heterocycles. The van der Waals surface area contributed by atoms with Crippen molar-refractivity contribution in [2.45, 2.75) is 32.9 Å².